The van der Waals surface area contributed by atoms with Crippen molar-refractivity contribution in [2.75, 3.05) is 19.0 Å². The number of nitrogens with one attached hydrogen (secondary N) is 1. The van der Waals surface area contributed by atoms with Crippen LogP contribution >= 0.6 is 27.3 Å². The number of amides is 1. The molecule has 26 heavy (non-hydrogen) atoms. The summed E-state index contributed by atoms with van der Waals surface area (Å²) >= 11 is 4.44. The summed E-state index contributed by atoms with van der Waals surface area (Å²) in [7, 11) is 1.40. The molecule has 2 aromatic carbocycles. The van der Waals surface area contributed by atoms with Crippen LogP contribution in [0.4, 0.5) is 10.8 Å². The molecule has 0 unspecified atom stereocenters. The van der Waals surface area contributed by atoms with Crippen molar-refractivity contribution in [1.29, 1.82) is 0 Å². The number of methoxy groups -OCH3 is 1. The quantitative estimate of drug-likeness (QED) is 0.461. The lowest BCUT2D eigenvalue weighted by Gasteiger charge is -2.05. The topological polar surface area (TPSA) is 104 Å². The van der Waals surface area contributed by atoms with Gasteiger partial charge in [-0.2, -0.15) is 0 Å². The Labute approximate surface area is 160 Å². The highest BCUT2D eigenvalue weighted by atomic mass is 79.9. The summed E-state index contributed by atoms with van der Waals surface area (Å²) in [6, 6.07) is 9.77. The molecule has 8 nitrogen and oxygen atoms in total. The lowest BCUT2D eigenvalue weighted by molar-refractivity contribution is -0.384. The highest BCUT2D eigenvalue weighted by Gasteiger charge is 2.17. The SMILES string of the molecule is COc1cc([N+](=O)[O-])cc2sc(NC(=O)COc3ccc(Br)cc3)nc12. The number of aromatic nitrogens is 1. The van der Waals surface area contributed by atoms with Crippen LogP contribution in [0.2, 0.25) is 0 Å². The van der Waals surface area contributed by atoms with Crippen LogP contribution in [-0.2, 0) is 4.79 Å². The largest absolute Gasteiger partial charge is 0.494 e. The van der Waals surface area contributed by atoms with Gasteiger partial charge in [-0.1, -0.05) is 27.3 Å². The molecule has 0 spiro atoms. The van der Waals surface area contributed by atoms with Crippen LogP contribution in [0.25, 0.3) is 10.2 Å². The highest BCUT2D eigenvalue weighted by molar-refractivity contribution is 9.10. The van der Waals surface area contributed by atoms with E-state index in [4.69, 9.17) is 9.47 Å². The maximum atomic E-state index is 12.0. The van der Waals surface area contributed by atoms with E-state index >= 15 is 0 Å². The van der Waals surface area contributed by atoms with E-state index in [1.807, 2.05) is 0 Å². The molecule has 3 rings (SSSR count). The number of nitro benzene ring substituents is 1. The standard InChI is InChI=1S/C16H12BrN3O5S/c1-24-12-6-10(20(22)23)7-13-15(12)19-16(26-13)18-14(21)8-25-11-4-2-9(17)3-5-11/h2-7H,8H2,1H3,(H,18,19,21). The van der Waals surface area contributed by atoms with E-state index in [1.165, 1.54) is 19.2 Å². The van der Waals surface area contributed by atoms with Gasteiger partial charge in [0.15, 0.2) is 17.5 Å². The Bertz CT molecular complexity index is 974. The fourth-order valence-corrected chi connectivity index (χ4v) is 3.33. The molecule has 0 saturated heterocycles. The molecule has 0 bridgehead atoms. The van der Waals surface area contributed by atoms with E-state index < -0.39 is 4.92 Å². The number of anilines is 1. The summed E-state index contributed by atoms with van der Waals surface area (Å²) in [4.78, 5) is 26.8. The lowest BCUT2D eigenvalue weighted by atomic mass is 10.3. The monoisotopic (exact) mass is 437 g/mol. The highest BCUT2D eigenvalue weighted by Crippen LogP contribution is 2.36. The number of fused-ring (bicyclic) bond motifs is 1. The van der Waals surface area contributed by atoms with Gasteiger partial charge >= 0.3 is 0 Å². The number of carbonyl (C=O) groups is 1. The zero-order valence-corrected chi connectivity index (χ0v) is 15.8. The van der Waals surface area contributed by atoms with E-state index in [0.29, 0.717) is 21.1 Å². The predicted molar refractivity (Wildman–Crippen MR) is 101 cm³/mol. The molecule has 134 valence electrons. The molecule has 1 heterocycles. The molecular formula is C16H12BrN3O5S. The molecule has 1 N–H and O–H groups in total. The molecule has 0 fully saturated rings. The first-order valence-corrected chi connectivity index (χ1v) is 8.88. The van der Waals surface area contributed by atoms with Gasteiger partial charge in [0.1, 0.15) is 11.3 Å². The third-order valence-electron chi connectivity index (χ3n) is 3.31. The molecule has 0 aliphatic carbocycles. The third-order valence-corrected chi connectivity index (χ3v) is 4.75. The predicted octanol–water partition coefficient (Wildman–Crippen LogP) is 3.99. The molecule has 0 aliphatic heterocycles. The molecule has 0 radical (unpaired) electrons. The molecule has 0 saturated carbocycles. The van der Waals surface area contributed by atoms with Gasteiger partial charge in [0, 0.05) is 10.5 Å². The maximum Gasteiger partial charge on any atom is 0.274 e. The number of rotatable bonds is 6. The number of nitrogens with zero attached hydrogens (tertiary/aromatic N) is 2. The van der Waals surface area contributed by atoms with Crippen LogP contribution in [0.3, 0.4) is 0 Å². The number of benzene rings is 2. The first-order valence-electron chi connectivity index (χ1n) is 7.27. The summed E-state index contributed by atoms with van der Waals surface area (Å²) in [6.45, 7) is -0.186. The van der Waals surface area contributed by atoms with Crippen molar-refractivity contribution in [3.63, 3.8) is 0 Å². The number of hydrogen-bond acceptors (Lipinski definition) is 7. The van der Waals surface area contributed by atoms with Crippen LogP contribution in [0, 0.1) is 10.1 Å². The smallest absolute Gasteiger partial charge is 0.274 e. The van der Waals surface area contributed by atoms with Crippen molar-refractivity contribution in [2.45, 2.75) is 0 Å². The molecule has 3 aromatic rings. The molecule has 1 amide bonds. The molecule has 0 atom stereocenters. The van der Waals surface area contributed by atoms with Gasteiger partial charge in [0.25, 0.3) is 11.6 Å². The second-order valence-electron chi connectivity index (χ2n) is 5.06. The summed E-state index contributed by atoms with van der Waals surface area (Å²) in [5.74, 6) is 0.447. The third kappa shape index (κ3) is 4.09. The fraction of sp³-hybridized carbons (Fsp3) is 0.125. The Balaban J connectivity index is 1.72. The van der Waals surface area contributed by atoms with Crippen molar-refractivity contribution in [3.05, 3.63) is 51.0 Å². The molecule has 10 heteroatoms. The maximum absolute atomic E-state index is 12.0. The van der Waals surface area contributed by atoms with Crippen LogP contribution in [-0.4, -0.2) is 29.5 Å². The van der Waals surface area contributed by atoms with Gasteiger partial charge in [-0.15, -0.1) is 0 Å². The van der Waals surface area contributed by atoms with E-state index in [0.717, 1.165) is 15.8 Å². The minimum atomic E-state index is -0.508. The number of halogens is 1. The minimum absolute atomic E-state index is 0.102. The molecule has 1 aromatic heterocycles. The van der Waals surface area contributed by atoms with Gasteiger partial charge in [-0.25, -0.2) is 4.98 Å². The van der Waals surface area contributed by atoms with Crippen molar-refractivity contribution >= 4 is 54.2 Å². The summed E-state index contributed by atoms with van der Waals surface area (Å²) in [5.41, 5.74) is 0.349. The van der Waals surface area contributed by atoms with Crippen LogP contribution in [0.15, 0.2) is 40.9 Å². The van der Waals surface area contributed by atoms with Gasteiger partial charge in [-0.3, -0.25) is 20.2 Å². The van der Waals surface area contributed by atoms with Gasteiger partial charge < -0.3 is 9.47 Å². The molecule has 0 aliphatic rings. The lowest BCUT2D eigenvalue weighted by Crippen LogP contribution is -2.19. The Morgan fingerprint density at radius 2 is 2.08 bits per heavy atom. The van der Waals surface area contributed by atoms with Gasteiger partial charge in [-0.05, 0) is 24.3 Å². The second kappa shape index (κ2) is 7.67. The number of hydrogen-bond donors (Lipinski definition) is 1. The number of non-ortho nitro benzene ring substituents is 1. The van der Waals surface area contributed by atoms with E-state index in [-0.39, 0.29) is 24.0 Å². The fourth-order valence-electron chi connectivity index (χ4n) is 2.13. The summed E-state index contributed by atoms with van der Waals surface area (Å²) < 4.78 is 12.0. The Morgan fingerprint density at radius 3 is 2.73 bits per heavy atom. The van der Waals surface area contributed by atoms with Crippen molar-refractivity contribution in [3.8, 4) is 11.5 Å². The minimum Gasteiger partial charge on any atom is -0.494 e. The van der Waals surface area contributed by atoms with E-state index in [1.54, 1.807) is 24.3 Å². The van der Waals surface area contributed by atoms with Gasteiger partial charge in [0.05, 0.1) is 22.8 Å². The average molecular weight is 438 g/mol. The zero-order valence-electron chi connectivity index (χ0n) is 13.4. The summed E-state index contributed by atoms with van der Waals surface area (Å²) in [5, 5.41) is 13.9. The first kappa shape index (κ1) is 18.1. The van der Waals surface area contributed by atoms with Crippen molar-refractivity contribution < 1.29 is 19.2 Å². The zero-order chi connectivity index (χ0) is 18.7. The first-order chi connectivity index (χ1) is 12.5. The van der Waals surface area contributed by atoms with Crippen LogP contribution < -0.4 is 14.8 Å². The number of nitro groups is 1. The van der Waals surface area contributed by atoms with Crippen molar-refractivity contribution in [2.24, 2.45) is 0 Å². The van der Waals surface area contributed by atoms with E-state index in [2.05, 4.69) is 26.2 Å². The number of carbonyl (C=O) groups excluding carboxylic acids is 1. The summed E-state index contributed by atoms with van der Waals surface area (Å²) in [6.07, 6.45) is 0. The molecular weight excluding hydrogens is 426 g/mol. The Morgan fingerprint density at radius 1 is 1.35 bits per heavy atom. The normalized spacial score (nSPS) is 10.5. The van der Waals surface area contributed by atoms with Crippen LogP contribution in [0.5, 0.6) is 11.5 Å². The van der Waals surface area contributed by atoms with E-state index in [9.17, 15) is 14.9 Å². The second-order valence-corrected chi connectivity index (χ2v) is 7.01. The average Bonchev–Trinajstić information content (AvgIpc) is 3.02. The number of thiazole rings is 1. The van der Waals surface area contributed by atoms with Crippen LogP contribution in [0.1, 0.15) is 0 Å². The van der Waals surface area contributed by atoms with Crippen molar-refractivity contribution in [1.82, 2.24) is 4.98 Å². The Kier molecular flexibility index (Phi) is 5.33. The van der Waals surface area contributed by atoms with Gasteiger partial charge in [0.2, 0.25) is 0 Å². The Hall–Kier alpha value is -2.72. The number of ether oxygens (including phenoxy) is 2.